The number of rotatable bonds is 0. The second kappa shape index (κ2) is 4.12. The average Bonchev–Trinajstić information content (AvgIpc) is 3.49. The zero-order chi connectivity index (χ0) is 18.4. The van der Waals surface area contributed by atoms with Gasteiger partial charge in [-0.15, -0.1) is 0 Å². The first-order valence-corrected chi connectivity index (χ1v) is 10.7. The quantitative estimate of drug-likeness (QED) is 0.487. The van der Waals surface area contributed by atoms with Crippen LogP contribution >= 0.6 is 0 Å². The lowest BCUT2D eigenvalue weighted by Crippen LogP contribution is -2.60. The Bertz CT molecular complexity index is 887. The Morgan fingerprint density at radius 3 is 2.81 bits per heavy atom. The van der Waals surface area contributed by atoms with E-state index in [1.54, 1.807) is 6.08 Å². The number of allylic oxidation sites excluding steroid dienone is 2. The van der Waals surface area contributed by atoms with Crippen LogP contribution in [-0.2, 0) is 19.1 Å². The van der Waals surface area contributed by atoms with E-state index in [9.17, 15) is 9.59 Å². The standard InChI is InChI=1S/C23H26O4/c1-20-6-3-12(24)9-16(20)13-10-14(13)19-15-4-7-22(8-5-18(25)27-22)21(15,2)11-17-23(19,20)26-17/h3,6,9,13-15,17,19H,4-5,7-8,10-11H2,1-2H3/t13-,14+,15+,17+,19+,20+,21+,22-,23-/m1/s1. The molecule has 7 rings (SSSR count). The lowest BCUT2D eigenvalue weighted by Gasteiger charge is -2.55. The van der Waals surface area contributed by atoms with Gasteiger partial charge in [0.1, 0.15) is 11.2 Å². The molecule has 27 heavy (non-hydrogen) atoms. The van der Waals surface area contributed by atoms with Gasteiger partial charge in [-0.05, 0) is 74.9 Å². The fourth-order valence-electron chi connectivity index (χ4n) is 8.75. The van der Waals surface area contributed by atoms with E-state index in [4.69, 9.17) is 9.47 Å². The van der Waals surface area contributed by atoms with Gasteiger partial charge in [0, 0.05) is 17.3 Å². The minimum Gasteiger partial charge on any atom is -0.458 e. The maximum absolute atomic E-state index is 12.1. The molecule has 142 valence electrons. The number of carbonyl (C=O) groups excluding carboxylic acids is 2. The van der Waals surface area contributed by atoms with Crippen molar-refractivity contribution in [3.05, 3.63) is 23.8 Å². The normalized spacial score (nSPS) is 61.4. The molecular weight excluding hydrogens is 340 g/mol. The van der Waals surface area contributed by atoms with Crippen molar-refractivity contribution in [2.45, 2.75) is 69.7 Å². The Morgan fingerprint density at radius 2 is 2.04 bits per heavy atom. The summed E-state index contributed by atoms with van der Waals surface area (Å²) in [6.45, 7) is 4.70. The van der Waals surface area contributed by atoms with Crippen molar-refractivity contribution in [3.8, 4) is 0 Å². The van der Waals surface area contributed by atoms with Crippen LogP contribution in [0.5, 0.6) is 0 Å². The summed E-state index contributed by atoms with van der Waals surface area (Å²) in [5.74, 6) is 2.41. The topological polar surface area (TPSA) is 55.9 Å². The number of epoxide rings is 1. The zero-order valence-electron chi connectivity index (χ0n) is 16.0. The van der Waals surface area contributed by atoms with E-state index in [0.29, 0.717) is 30.1 Å². The lowest BCUT2D eigenvalue weighted by molar-refractivity contribution is -0.164. The smallest absolute Gasteiger partial charge is 0.306 e. The number of hydrogen-bond acceptors (Lipinski definition) is 4. The molecule has 2 spiro atoms. The SMILES string of the molecule is C[C@]12C=CC(=O)C=C1[C@@H]1C[C@@H]1[C@H]1[C@@H]3CC[C@@]4(CCC(=O)O4)[C@@]3(C)C[C@@H]3O[C@@]132. The number of ether oxygens (including phenoxy) is 2. The van der Waals surface area contributed by atoms with Gasteiger partial charge in [-0.1, -0.05) is 18.6 Å². The lowest BCUT2D eigenvalue weighted by atomic mass is 9.47. The molecular formula is C23H26O4. The van der Waals surface area contributed by atoms with E-state index in [1.807, 2.05) is 6.08 Å². The first-order chi connectivity index (χ1) is 12.8. The summed E-state index contributed by atoms with van der Waals surface area (Å²) >= 11 is 0. The van der Waals surface area contributed by atoms with Crippen LogP contribution in [0.4, 0.5) is 0 Å². The van der Waals surface area contributed by atoms with Gasteiger partial charge in [-0.3, -0.25) is 9.59 Å². The van der Waals surface area contributed by atoms with Crippen molar-refractivity contribution >= 4 is 11.8 Å². The third-order valence-corrected chi connectivity index (χ3v) is 10.0. The third kappa shape index (κ3) is 1.43. The molecule has 2 heterocycles. The molecule has 0 unspecified atom stereocenters. The van der Waals surface area contributed by atoms with E-state index in [1.165, 1.54) is 12.0 Å². The average molecular weight is 366 g/mol. The monoisotopic (exact) mass is 366 g/mol. The van der Waals surface area contributed by atoms with Crippen LogP contribution in [0.15, 0.2) is 23.8 Å². The summed E-state index contributed by atoms with van der Waals surface area (Å²) in [4.78, 5) is 24.1. The molecule has 0 aromatic carbocycles. The van der Waals surface area contributed by atoms with Crippen LogP contribution in [-0.4, -0.2) is 29.1 Å². The molecule has 4 saturated carbocycles. The Hall–Kier alpha value is -1.42. The van der Waals surface area contributed by atoms with Crippen molar-refractivity contribution in [2.75, 3.05) is 0 Å². The van der Waals surface area contributed by atoms with Crippen molar-refractivity contribution < 1.29 is 19.1 Å². The van der Waals surface area contributed by atoms with Gasteiger partial charge in [0.05, 0.1) is 6.10 Å². The molecule has 0 radical (unpaired) electrons. The predicted molar refractivity (Wildman–Crippen MR) is 96.5 cm³/mol. The third-order valence-electron chi connectivity index (χ3n) is 10.0. The summed E-state index contributed by atoms with van der Waals surface area (Å²) in [6.07, 6.45) is 11.9. The zero-order valence-corrected chi connectivity index (χ0v) is 16.0. The molecule has 5 aliphatic carbocycles. The Labute approximate surface area is 159 Å². The Kier molecular flexibility index (Phi) is 2.37. The van der Waals surface area contributed by atoms with Crippen molar-refractivity contribution in [1.29, 1.82) is 0 Å². The van der Waals surface area contributed by atoms with Gasteiger partial charge in [-0.25, -0.2) is 0 Å². The fraction of sp³-hybridized carbons (Fsp3) is 0.739. The summed E-state index contributed by atoms with van der Waals surface area (Å²) in [6, 6.07) is 0. The molecule has 9 atom stereocenters. The van der Waals surface area contributed by atoms with Crippen LogP contribution in [0.25, 0.3) is 0 Å². The Balaban J connectivity index is 1.37. The van der Waals surface area contributed by atoms with Crippen LogP contribution in [0.1, 0.15) is 52.4 Å². The van der Waals surface area contributed by atoms with Gasteiger partial charge in [-0.2, -0.15) is 0 Å². The van der Waals surface area contributed by atoms with Crippen LogP contribution in [0, 0.1) is 34.5 Å². The minimum atomic E-state index is -0.257. The molecule has 0 amide bonds. The first kappa shape index (κ1) is 15.5. The molecule has 0 N–H and O–H groups in total. The van der Waals surface area contributed by atoms with Gasteiger partial charge in [0.25, 0.3) is 0 Å². The Morgan fingerprint density at radius 1 is 1.19 bits per heavy atom. The number of carbonyl (C=O) groups is 2. The highest BCUT2D eigenvalue weighted by Crippen LogP contribution is 2.82. The maximum atomic E-state index is 12.1. The van der Waals surface area contributed by atoms with Crippen LogP contribution in [0.2, 0.25) is 0 Å². The van der Waals surface area contributed by atoms with Gasteiger partial charge in [0.2, 0.25) is 0 Å². The van der Waals surface area contributed by atoms with Gasteiger partial charge < -0.3 is 9.47 Å². The second-order valence-corrected chi connectivity index (χ2v) is 10.7. The molecule has 4 nitrogen and oxygen atoms in total. The highest BCUT2D eigenvalue weighted by Gasteiger charge is 2.85. The second-order valence-electron chi connectivity index (χ2n) is 10.7. The highest BCUT2D eigenvalue weighted by molar-refractivity contribution is 6.01. The summed E-state index contributed by atoms with van der Waals surface area (Å²) < 4.78 is 12.7. The molecule has 7 aliphatic rings. The van der Waals surface area contributed by atoms with E-state index in [-0.39, 0.29) is 39.9 Å². The van der Waals surface area contributed by atoms with Crippen molar-refractivity contribution in [3.63, 3.8) is 0 Å². The molecule has 4 heteroatoms. The first-order valence-electron chi connectivity index (χ1n) is 10.7. The van der Waals surface area contributed by atoms with E-state index in [0.717, 1.165) is 25.7 Å². The predicted octanol–water partition coefficient (Wildman–Crippen LogP) is 3.36. The number of fused-ring (bicyclic) bond motifs is 7. The molecule has 0 bridgehead atoms. The van der Waals surface area contributed by atoms with Crippen molar-refractivity contribution in [1.82, 2.24) is 0 Å². The molecule has 6 fully saturated rings. The highest BCUT2D eigenvalue weighted by atomic mass is 16.6. The maximum Gasteiger partial charge on any atom is 0.306 e. The fourth-order valence-corrected chi connectivity index (χ4v) is 8.75. The van der Waals surface area contributed by atoms with E-state index in [2.05, 4.69) is 19.9 Å². The molecule has 0 aromatic heterocycles. The summed E-state index contributed by atoms with van der Waals surface area (Å²) in [7, 11) is 0. The van der Waals surface area contributed by atoms with Crippen molar-refractivity contribution in [2.24, 2.45) is 34.5 Å². The van der Waals surface area contributed by atoms with Gasteiger partial charge in [0.15, 0.2) is 5.78 Å². The molecule has 2 aliphatic heterocycles. The summed E-state index contributed by atoms with van der Waals surface area (Å²) in [5, 5.41) is 0. The van der Waals surface area contributed by atoms with E-state index >= 15 is 0 Å². The largest absolute Gasteiger partial charge is 0.458 e. The molecule has 0 aromatic rings. The number of ketones is 1. The van der Waals surface area contributed by atoms with Crippen LogP contribution in [0.3, 0.4) is 0 Å². The van der Waals surface area contributed by atoms with Crippen LogP contribution < -0.4 is 0 Å². The summed E-state index contributed by atoms with van der Waals surface area (Å²) in [5.41, 5.74) is 0.839. The molecule has 2 saturated heterocycles. The minimum absolute atomic E-state index is 0.00993. The van der Waals surface area contributed by atoms with E-state index < -0.39 is 0 Å². The van der Waals surface area contributed by atoms with Gasteiger partial charge >= 0.3 is 5.97 Å². The number of esters is 1. The number of hydrogen-bond donors (Lipinski definition) is 0.